The minimum Gasteiger partial charge on any atom is -0.491 e. The van der Waals surface area contributed by atoms with Crippen LogP contribution in [0.15, 0.2) is 41.6 Å². The van der Waals surface area contributed by atoms with Crippen molar-refractivity contribution in [2.45, 2.75) is 12.6 Å². The molecule has 0 bridgehead atoms. The van der Waals surface area contributed by atoms with Crippen LogP contribution in [0.25, 0.3) is 11.3 Å². The summed E-state index contributed by atoms with van der Waals surface area (Å²) < 4.78 is 43.7. The summed E-state index contributed by atoms with van der Waals surface area (Å²) in [5, 5.41) is 12.2. The summed E-state index contributed by atoms with van der Waals surface area (Å²) in [5.41, 5.74) is 0.660. The molecule has 1 aromatic carbocycles. The highest BCUT2D eigenvalue weighted by molar-refractivity contribution is 6.02. The van der Waals surface area contributed by atoms with Gasteiger partial charge >= 0.3 is 6.18 Å². The van der Waals surface area contributed by atoms with Gasteiger partial charge in [0.2, 0.25) is 0 Å². The minimum absolute atomic E-state index is 0.334. The highest BCUT2D eigenvalue weighted by Crippen LogP contribution is 2.33. The predicted octanol–water partition coefficient (Wildman–Crippen LogP) is 3.73. The maximum Gasteiger partial charge on any atom is 0.416 e. The molecule has 0 saturated heterocycles. The van der Waals surface area contributed by atoms with Crippen LogP contribution in [-0.4, -0.2) is 22.5 Å². The first-order chi connectivity index (χ1) is 10.5. The highest BCUT2D eigenvalue weighted by Gasteiger charge is 2.30. The standard InChI is InChI=1S/C15H11F3N2O2/c16-15(17,18)10-3-1-2-9(8-10)11-4-5-13-14(19-11)12(20-21)6-7-22-13/h1-5,8,21H,6-7H2/b20-12+. The molecule has 0 amide bonds. The van der Waals surface area contributed by atoms with Gasteiger partial charge in [0.15, 0.2) is 0 Å². The number of halogens is 3. The van der Waals surface area contributed by atoms with Crippen molar-refractivity contribution in [3.63, 3.8) is 0 Å². The van der Waals surface area contributed by atoms with Gasteiger partial charge < -0.3 is 9.94 Å². The molecule has 0 atom stereocenters. The Morgan fingerprint density at radius 2 is 2.00 bits per heavy atom. The number of aromatic nitrogens is 1. The SMILES string of the molecule is O/N=C1\CCOc2ccc(-c3cccc(C(F)(F)F)c3)nc21. The Bertz CT molecular complexity index is 742. The van der Waals surface area contributed by atoms with Gasteiger partial charge in [-0.15, -0.1) is 0 Å². The minimum atomic E-state index is -4.41. The first kappa shape index (κ1) is 14.4. The summed E-state index contributed by atoms with van der Waals surface area (Å²) in [6.45, 7) is 0.372. The van der Waals surface area contributed by atoms with Crippen molar-refractivity contribution in [1.82, 2.24) is 4.98 Å². The molecule has 7 heteroatoms. The molecule has 0 aliphatic carbocycles. The third-order valence-corrected chi connectivity index (χ3v) is 3.33. The van der Waals surface area contributed by atoms with E-state index in [4.69, 9.17) is 9.94 Å². The van der Waals surface area contributed by atoms with E-state index in [-0.39, 0.29) is 0 Å². The molecule has 2 heterocycles. The molecule has 0 spiro atoms. The molecule has 1 aliphatic heterocycles. The van der Waals surface area contributed by atoms with Crippen molar-refractivity contribution in [2.75, 3.05) is 6.61 Å². The average molecular weight is 308 g/mol. The number of hydrogen-bond acceptors (Lipinski definition) is 4. The Balaban J connectivity index is 2.07. The Morgan fingerprint density at radius 3 is 2.73 bits per heavy atom. The maximum absolute atomic E-state index is 12.8. The molecule has 22 heavy (non-hydrogen) atoms. The van der Waals surface area contributed by atoms with Gasteiger partial charge in [-0.2, -0.15) is 13.2 Å². The lowest BCUT2D eigenvalue weighted by Gasteiger charge is -2.18. The van der Waals surface area contributed by atoms with Crippen LogP contribution in [-0.2, 0) is 6.18 Å². The summed E-state index contributed by atoms with van der Waals surface area (Å²) in [6.07, 6.45) is -4.02. The van der Waals surface area contributed by atoms with Gasteiger partial charge in [-0.25, -0.2) is 4.98 Å². The number of nitrogens with zero attached hydrogens (tertiary/aromatic N) is 2. The van der Waals surface area contributed by atoms with Crippen molar-refractivity contribution in [3.8, 4) is 17.0 Å². The van der Waals surface area contributed by atoms with Crippen LogP contribution in [0, 0.1) is 0 Å². The fourth-order valence-electron chi connectivity index (χ4n) is 2.26. The molecule has 0 saturated carbocycles. The van der Waals surface area contributed by atoms with E-state index in [9.17, 15) is 13.2 Å². The fraction of sp³-hybridized carbons (Fsp3) is 0.200. The first-order valence-electron chi connectivity index (χ1n) is 6.52. The van der Waals surface area contributed by atoms with Crippen LogP contribution in [0.3, 0.4) is 0 Å². The third-order valence-electron chi connectivity index (χ3n) is 3.33. The molecule has 114 valence electrons. The van der Waals surface area contributed by atoms with E-state index in [1.807, 2.05) is 0 Å². The normalized spacial score (nSPS) is 16.2. The molecule has 1 N–H and O–H groups in total. The molecule has 2 aromatic rings. The number of alkyl halides is 3. The zero-order valence-corrected chi connectivity index (χ0v) is 11.3. The van der Waals surface area contributed by atoms with Gasteiger partial charge in [-0.05, 0) is 24.3 Å². The second-order valence-corrected chi connectivity index (χ2v) is 4.77. The average Bonchev–Trinajstić information content (AvgIpc) is 2.53. The van der Waals surface area contributed by atoms with Gasteiger partial charge in [0.1, 0.15) is 17.2 Å². The zero-order valence-electron chi connectivity index (χ0n) is 11.3. The van der Waals surface area contributed by atoms with E-state index in [2.05, 4.69) is 10.1 Å². The molecule has 3 rings (SSSR count). The van der Waals surface area contributed by atoms with Crippen molar-refractivity contribution >= 4 is 5.71 Å². The van der Waals surface area contributed by atoms with Gasteiger partial charge in [-0.1, -0.05) is 17.3 Å². The quantitative estimate of drug-likeness (QED) is 0.645. The van der Waals surface area contributed by atoms with Gasteiger partial charge in [0, 0.05) is 12.0 Å². The van der Waals surface area contributed by atoms with Gasteiger partial charge in [-0.3, -0.25) is 0 Å². The van der Waals surface area contributed by atoms with Gasteiger partial charge in [0.05, 0.1) is 17.9 Å². The van der Waals surface area contributed by atoms with Crippen molar-refractivity contribution < 1.29 is 23.1 Å². The highest BCUT2D eigenvalue weighted by atomic mass is 19.4. The second kappa shape index (κ2) is 5.32. The molecule has 0 radical (unpaired) electrons. The van der Waals surface area contributed by atoms with Crippen molar-refractivity contribution in [2.24, 2.45) is 5.16 Å². The number of hydrogen-bond donors (Lipinski definition) is 1. The lowest BCUT2D eigenvalue weighted by molar-refractivity contribution is -0.137. The van der Waals surface area contributed by atoms with Crippen LogP contribution in [0.5, 0.6) is 5.75 Å². The number of oxime groups is 1. The molecular formula is C15H11F3N2O2. The van der Waals surface area contributed by atoms with Crippen LogP contribution >= 0.6 is 0 Å². The van der Waals surface area contributed by atoms with E-state index >= 15 is 0 Å². The Morgan fingerprint density at radius 1 is 1.18 bits per heavy atom. The van der Waals surface area contributed by atoms with Crippen molar-refractivity contribution in [3.05, 3.63) is 47.7 Å². The van der Waals surface area contributed by atoms with Crippen LogP contribution < -0.4 is 4.74 Å². The first-order valence-corrected chi connectivity index (χ1v) is 6.52. The number of fused-ring (bicyclic) bond motifs is 1. The molecule has 1 aromatic heterocycles. The van der Waals surface area contributed by atoms with Gasteiger partial charge in [0.25, 0.3) is 0 Å². The largest absolute Gasteiger partial charge is 0.491 e. The Hall–Kier alpha value is -2.57. The van der Waals surface area contributed by atoms with E-state index < -0.39 is 11.7 Å². The van der Waals surface area contributed by atoms with Crippen molar-refractivity contribution in [1.29, 1.82) is 0 Å². The molecule has 0 unspecified atom stereocenters. The van der Waals surface area contributed by atoms with E-state index in [0.717, 1.165) is 12.1 Å². The summed E-state index contributed by atoms with van der Waals surface area (Å²) >= 11 is 0. The fourth-order valence-corrected chi connectivity index (χ4v) is 2.26. The number of ether oxygens (including phenoxy) is 1. The molecule has 0 fully saturated rings. The number of pyridine rings is 1. The van der Waals surface area contributed by atoms with E-state index in [1.54, 1.807) is 18.2 Å². The smallest absolute Gasteiger partial charge is 0.416 e. The van der Waals surface area contributed by atoms with Crippen LogP contribution in [0.1, 0.15) is 17.7 Å². The number of rotatable bonds is 1. The summed E-state index contributed by atoms with van der Waals surface area (Å²) in [7, 11) is 0. The monoisotopic (exact) mass is 308 g/mol. The maximum atomic E-state index is 12.8. The van der Waals surface area contributed by atoms with E-state index in [0.29, 0.717) is 41.4 Å². The second-order valence-electron chi connectivity index (χ2n) is 4.77. The Labute approximate surface area is 123 Å². The molecule has 1 aliphatic rings. The molecule has 4 nitrogen and oxygen atoms in total. The number of benzene rings is 1. The molecular weight excluding hydrogens is 297 g/mol. The predicted molar refractivity (Wildman–Crippen MR) is 73.1 cm³/mol. The summed E-state index contributed by atoms with van der Waals surface area (Å²) in [6, 6.07) is 8.11. The summed E-state index contributed by atoms with van der Waals surface area (Å²) in [5.74, 6) is 0.453. The van der Waals surface area contributed by atoms with Crippen LogP contribution in [0.2, 0.25) is 0 Å². The van der Waals surface area contributed by atoms with Crippen LogP contribution in [0.4, 0.5) is 13.2 Å². The van der Waals surface area contributed by atoms with E-state index in [1.165, 1.54) is 6.07 Å². The third kappa shape index (κ3) is 2.61. The topological polar surface area (TPSA) is 54.7 Å². The lowest BCUT2D eigenvalue weighted by Crippen LogP contribution is -2.18. The zero-order chi connectivity index (χ0) is 15.7. The Kier molecular flexibility index (Phi) is 3.48. The summed E-state index contributed by atoms with van der Waals surface area (Å²) in [4.78, 5) is 4.28. The lowest BCUT2D eigenvalue weighted by atomic mass is 10.0.